The lowest BCUT2D eigenvalue weighted by Crippen LogP contribution is -2.15. The van der Waals surface area contributed by atoms with Gasteiger partial charge in [0.15, 0.2) is 23.1 Å². The van der Waals surface area contributed by atoms with Gasteiger partial charge in [-0.1, -0.05) is 29.8 Å². The first-order chi connectivity index (χ1) is 16.2. The Morgan fingerprint density at radius 2 is 1.38 bits per heavy atom. The Morgan fingerprint density at radius 1 is 0.794 bits per heavy atom. The molecule has 3 aromatic rings. The Bertz CT molecular complexity index is 1280. The lowest BCUT2D eigenvalue weighted by atomic mass is 10.1. The summed E-state index contributed by atoms with van der Waals surface area (Å²) in [5, 5.41) is 0. The van der Waals surface area contributed by atoms with E-state index in [4.69, 9.17) is 18.9 Å². The van der Waals surface area contributed by atoms with E-state index in [2.05, 4.69) is 4.72 Å². The van der Waals surface area contributed by atoms with Crippen LogP contribution in [0.25, 0.3) is 12.2 Å². The largest absolute Gasteiger partial charge is 0.493 e. The molecule has 0 atom stereocenters. The molecule has 0 unspecified atom stereocenters. The first-order valence-corrected chi connectivity index (χ1v) is 11.7. The van der Waals surface area contributed by atoms with Crippen LogP contribution in [0.5, 0.6) is 23.0 Å². The maximum atomic E-state index is 14.5. The zero-order valence-corrected chi connectivity index (χ0v) is 20.3. The van der Waals surface area contributed by atoms with E-state index in [1.54, 1.807) is 36.4 Å². The number of nitrogens with one attached hydrogen (secondary N) is 1. The molecule has 0 saturated heterocycles. The van der Waals surface area contributed by atoms with Gasteiger partial charge in [0.2, 0.25) is 5.75 Å². The average Bonchev–Trinajstić information content (AvgIpc) is 2.83. The second kappa shape index (κ2) is 10.5. The fourth-order valence-corrected chi connectivity index (χ4v) is 4.40. The first-order valence-electron chi connectivity index (χ1n) is 10.2. The molecule has 0 saturated carbocycles. The van der Waals surface area contributed by atoms with E-state index < -0.39 is 15.8 Å². The number of benzene rings is 3. The molecule has 0 bridgehead atoms. The summed E-state index contributed by atoms with van der Waals surface area (Å²) in [5.74, 6) is 0.436. The predicted molar refractivity (Wildman–Crippen MR) is 130 cm³/mol. The summed E-state index contributed by atoms with van der Waals surface area (Å²) in [7, 11) is 1.79. The van der Waals surface area contributed by atoms with E-state index in [1.165, 1.54) is 52.7 Å². The summed E-state index contributed by atoms with van der Waals surface area (Å²) in [6.45, 7) is 1.85. The van der Waals surface area contributed by atoms with Crippen molar-refractivity contribution in [3.05, 3.63) is 71.0 Å². The Balaban J connectivity index is 2.07. The van der Waals surface area contributed by atoms with Crippen LogP contribution in [0.1, 0.15) is 16.7 Å². The van der Waals surface area contributed by atoms with Gasteiger partial charge in [0.25, 0.3) is 10.0 Å². The van der Waals surface area contributed by atoms with E-state index in [0.29, 0.717) is 28.4 Å². The molecule has 34 heavy (non-hydrogen) atoms. The smallest absolute Gasteiger partial charge is 0.262 e. The molecule has 3 rings (SSSR count). The Kier molecular flexibility index (Phi) is 7.68. The molecule has 0 fully saturated rings. The predicted octanol–water partition coefficient (Wildman–Crippen LogP) is 5.14. The fourth-order valence-electron chi connectivity index (χ4n) is 3.31. The van der Waals surface area contributed by atoms with E-state index >= 15 is 0 Å². The van der Waals surface area contributed by atoms with Crippen molar-refractivity contribution in [2.45, 2.75) is 11.8 Å². The van der Waals surface area contributed by atoms with Gasteiger partial charge in [0.05, 0.1) is 33.3 Å². The van der Waals surface area contributed by atoms with Crippen LogP contribution in [0.2, 0.25) is 0 Å². The molecule has 0 aliphatic heterocycles. The maximum absolute atomic E-state index is 14.5. The Hall–Kier alpha value is -3.72. The minimum atomic E-state index is -4.00. The van der Waals surface area contributed by atoms with E-state index in [9.17, 15) is 12.8 Å². The zero-order chi connectivity index (χ0) is 24.9. The second-order valence-electron chi connectivity index (χ2n) is 7.26. The molecule has 7 nitrogen and oxygen atoms in total. The number of methoxy groups -OCH3 is 4. The molecule has 0 aliphatic carbocycles. The van der Waals surface area contributed by atoms with Crippen LogP contribution in [0.15, 0.2) is 53.4 Å². The van der Waals surface area contributed by atoms with Gasteiger partial charge in [-0.15, -0.1) is 0 Å². The number of halogens is 1. The molecule has 180 valence electrons. The maximum Gasteiger partial charge on any atom is 0.262 e. The summed E-state index contributed by atoms with van der Waals surface area (Å²) < 4.78 is 64.2. The van der Waals surface area contributed by atoms with E-state index in [-0.39, 0.29) is 16.3 Å². The van der Waals surface area contributed by atoms with E-state index in [0.717, 1.165) is 5.56 Å². The molecule has 9 heteroatoms. The van der Waals surface area contributed by atoms with Gasteiger partial charge in [0.1, 0.15) is 5.69 Å². The molecule has 3 aromatic carbocycles. The normalized spacial score (nSPS) is 11.4. The van der Waals surface area contributed by atoms with Crippen molar-refractivity contribution >= 4 is 27.9 Å². The van der Waals surface area contributed by atoms with Crippen LogP contribution in [-0.2, 0) is 10.0 Å². The molecule has 0 heterocycles. The van der Waals surface area contributed by atoms with Crippen LogP contribution in [-0.4, -0.2) is 36.9 Å². The minimum absolute atomic E-state index is 0.0215. The highest BCUT2D eigenvalue weighted by Crippen LogP contribution is 2.39. The number of anilines is 1. The third-order valence-electron chi connectivity index (χ3n) is 5.06. The topological polar surface area (TPSA) is 83.1 Å². The molecule has 0 spiro atoms. The number of sulfonamides is 1. The van der Waals surface area contributed by atoms with Crippen molar-refractivity contribution in [1.82, 2.24) is 0 Å². The standard InChI is InChI=1S/C25H26FNO6S/c1-16-6-11-19(12-7-16)34(28,29)27-23-18(10-13-20(26)24(23)32-4)9-8-17-14-21(30-2)25(33-5)22(15-17)31-3/h6-15,27H,1-5H3/b9-8-. The SMILES string of the molecule is COc1cc(/C=C\c2ccc(F)c(OC)c2NS(=O)(=O)c2ccc(C)cc2)cc(OC)c1OC. The van der Waals surface area contributed by atoms with Gasteiger partial charge >= 0.3 is 0 Å². The van der Waals surface area contributed by atoms with Crippen molar-refractivity contribution in [2.75, 3.05) is 33.2 Å². The molecule has 0 aromatic heterocycles. The quantitative estimate of drug-likeness (QED) is 0.421. The fraction of sp³-hybridized carbons (Fsp3) is 0.200. The highest BCUT2D eigenvalue weighted by atomic mass is 32.2. The molecule has 0 aliphatic rings. The molecule has 0 radical (unpaired) electrons. The summed E-state index contributed by atoms with van der Waals surface area (Å²) in [4.78, 5) is 0.0453. The number of ether oxygens (including phenoxy) is 4. The third kappa shape index (κ3) is 5.26. The minimum Gasteiger partial charge on any atom is -0.493 e. The van der Waals surface area contributed by atoms with Gasteiger partial charge in [-0.25, -0.2) is 12.8 Å². The van der Waals surface area contributed by atoms with Gasteiger partial charge in [-0.05, 0) is 48.9 Å². The lowest BCUT2D eigenvalue weighted by Gasteiger charge is -2.16. The molecular formula is C25H26FNO6S. The van der Waals surface area contributed by atoms with Gasteiger partial charge in [-0.2, -0.15) is 0 Å². The van der Waals surface area contributed by atoms with Crippen molar-refractivity contribution in [3.63, 3.8) is 0 Å². The first kappa shape index (κ1) is 24.9. The second-order valence-corrected chi connectivity index (χ2v) is 8.94. The van der Waals surface area contributed by atoms with E-state index in [1.807, 2.05) is 6.92 Å². The van der Waals surface area contributed by atoms with Crippen molar-refractivity contribution < 1.29 is 31.8 Å². The summed E-state index contributed by atoms with van der Waals surface area (Å²) >= 11 is 0. The average molecular weight is 488 g/mol. The van der Waals surface area contributed by atoms with Crippen LogP contribution in [0.4, 0.5) is 10.1 Å². The summed E-state index contributed by atoms with van der Waals surface area (Å²) in [6, 6.07) is 12.5. The van der Waals surface area contributed by atoms with Crippen molar-refractivity contribution in [1.29, 1.82) is 0 Å². The van der Waals surface area contributed by atoms with Crippen LogP contribution >= 0.6 is 0 Å². The number of hydrogen-bond acceptors (Lipinski definition) is 6. The molecule has 0 amide bonds. The van der Waals surface area contributed by atoms with Crippen LogP contribution < -0.4 is 23.7 Å². The molecular weight excluding hydrogens is 461 g/mol. The monoisotopic (exact) mass is 487 g/mol. The number of hydrogen-bond donors (Lipinski definition) is 1. The highest BCUT2D eigenvalue weighted by molar-refractivity contribution is 7.92. The number of aryl methyl sites for hydroxylation is 1. The lowest BCUT2D eigenvalue weighted by molar-refractivity contribution is 0.324. The van der Waals surface area contributed by atoms with Gasteiger partial charge in [-0.3, -0.25) is 4.72 Å². The highest BCUT2D eigenvalue weighted by Gasteiger charge is 2.21. The van der Waals surface area contributed by atoms with Crippen LogP contribution in [0, 0.1) is 12.7 Å². The molecule has 1 N–H and O–H groups in total. The number of rotatable bonds is 9. The third-order valence-corrected chi connectivity index (χ3v) is 6.42. The Labute approximate surface area is 198 Å². The Morgan fingerprint density at radius 3 is 1.91 bits per heavy atom. The van der Waals surface area contributed by atoms with Gasteiger partial charge < -0.3 is 18.9 Å². The van der Waals surface area contributed by atoms with Crippen molar-refractivity contribution in [3.8, 4) is 23.0 Å². The van der Waals surface area contributed by atoms with Crippen LogP contribution in [0.3, 0.4) is 0 Å². The zero-order valence-electron chi connectivity index (χ0n) is 19.5. The van der Waals surface area contributed by atoms with Crippen molar-refractivity contribution in [2.24, 2.45) is 0 Å². The summed E-state index contributed by atoms with van der Waals surface area (Å²) in [5.41, 5.74) is 1.97. The summed E-state index contributed by atoms with van der Waals surface area (Å²) in [6.07, 6.45) is 3.34. The van der Waals surface area contributed by atoms with Gasteiger partial charge in [0, 0.05) is 5.56 Å².